The third-order valence-corrected chi connectivity index (χ3v) is 4.93. The van der Waals surface area contributed by atoms with Crippen molar-refractivity contribution < 1.29 is 12.6 Å². The van der Waals surface area contributed by atoms with Crippen LogP contribution in [0.1, 0.15) is 11.1 Å². The van der Waals surface area contributed by atoms with Gasteiger partial charge in [-0.3, -0.25) is 0 Å². The number of sulfone groups is 1. The van der Waals surface area contributed by atoms with Gasteiger partial charge in [-0.1, -0.05) is 29.8 Å². The van der Waals surface area contributed by atoms with Crippen molar-refractivity contribution in [3.63, 3.8) is 0 Å². The van der Waals surface area contributed by atoms with Crippen molar-refractivity contribution in [3.05, 3.63) is 59.7 Å². The molecule has 0 aromatic heterocycles. The molecule has 1 atom stereocenters. The Bertz CT molecular complexity index is 777. The SMILES string of the molecule is Cc1ccc(S(=O)/N=C/c2ccc(S(C)(=O)=O)cc2)cc1. The van der Waals surface area contributed by atoms with Gasteiger partial charge in [0.05, 0.1) is 9.79 Å². The molecule has 0 aliphatic rings. The topological polar surface area (TPSA) is 63.6 Å². The second kappa shape index (κ2) is 6.32. The molecule has 21 heavy (non-hydrogen) atoms. The largest absolute Gasteiger partial charge is 0.229 e. The maximum absolute atomic E-state index is 12.0. The number of hydrogen-bond acceptors (Lipinski definition) is 3. The van der Waals surface area contributed by atoms with Gasteiger partial charge in [-0.2, -0.15) is 4.40 Å². The summed E-state index contributed by atoms with van der Waals surface area (Å²) < 4.78 is 38.6. The zero-order valence-electron chi connectivity index (χ0n) is 11.7. The van der Waals surface area contributed by atoms with Crippen molar-refractivity contribution in [2.45, 2.75) is 16.7 Å². The van der Waals surface area contributed by atoms with Crippen LogP contribution >= 0.6 is 0 Å². The van der Waals surface area contributed by atoms with E-state index in [4.69, 9.17) is 0 Å². The molecule has 0 aliphatic carbocycles. The van der Waals surface area contributed by atoms with Crippen LogP contribution in [0.4, 0.5) is 0 Å². The molecule has 0 radical (unpaired) electrons. The molecular formula is C15H15NO3S2. The Kier molecular flexibility index (Phi) is 4.69. The molecule has 0 bridgehead atoms. The lowest BCUT2D eigenvalue weighted by Gasteiger charge is -1.99. The summed E-state index contributed by atoms with van der Waals surface area (Å²) in [6.07, 6.45) is 2.63. The Hall–Kier alpha value is -1.79. The summed E-state index contributed by atoms with van der Waals surface area (Å²) in [6.45, 7) is 1.96. The first-order chi connectivity index (χ1) is 9.86. The van der Waals surface area contributed by atoms with Crippen molar-refractivity contribution in [3.8, 4) is 0 Å². The van der Waals surface area contributed by atoms with E-state index in [1.807, 2.05) is 19.1 Å². The van der Waals surface area contributed by atoms with Crippen LogP contribution in [0.25, 0.3) is 0 Å². The molecule has 0 saturated carbocycles. The average Bonchev–Trinajstić information content (AvgIpc) is 2.45. The number of rotatable bonds is 4. The Morgan fingerprint density at radius 3 is 2.10 bits per heavy atom. The van der Waals surface area contributed by atoms with Gasteiger partial charge in [0.25, 0.3) is 0 Å². The summed E-state index contributed by atoms with van der Waals surface area (Å²) in [5.74, 6) is 0. The van der Waals surface area contributed by atoms with E-state index < -0.39 is 20.8 Å². The lowest BCUT2D eigenvalue weighted by atomic mass is 10.2. The summed E-state index contributed by atoms with van der Waals surface area (Å²) in [5, 5.41) is 0. The van der Waals surface area contributed by atoms with Crippen LogP contribution in [0.3, 0.4) is 0 Å². The van der Waals surface area contributed by atoms with E-state index in [9.17, 15) is 12.6 Å². The van der Waals surface area contributed by atoms with Gasteiger partial charge in [0.1, 0.15) is 0 Å². The molecule has 0 aliphatic heterocycles. The monoisotopic (exact) mass is 321 g/mol. The minimum absolute atomic E-state index is 0.249. The molecule has 1 unspecified atom stereocenters. The minimum Gasteiger partial charge on any atom is -0.229 e. The molecule has 2 aromatic rings. The van der Waals surface area contributed by atoms with Gasteiger partial charge in [0, 0.05) is 12.5 Å². The predicted molar refractivity (Wildman–Crippen MR) is 84.7 cm³/mol. The van der Waals surface area contributed by atoms with Crippen LogP contribution in [0.2, 0.25) is 0 Å². The molecule has 4 nitrogen and oxygen atoms in total. The average molecular weight is 321 g/mol. The molecule has 0 spiro atoms. The van der Waals surface area contributed by atoms with Crippen LogP contribution < -0.4 is 0 Å². The standard InChI is InChI=1S/C15H15NO3S2/c1-12-3-7-14(8-4-12)20(17)16-11-13-5-9-15(10-6-13)21(2,18)19/h3-11H,1-2H3/b16-11+. The molecule has 0 N–H and O–H groups in total. The van der Waals surface area contributed by atoms with Crippen LogP contribution in [0.15, 0.2) is 62.7 Å². The van der Waals surface area contributed by atoms with E-state index in [-0.39, 0.29) is 4.90 Å². The van der Waals surface area contributed by atoms with Gasteiger partial charge in [-0.25, -0.2) is 12.6 Å². The maximum Gasteiger partial charge on any atom is 0.175 e. The fourth-order valence-electron chi connectivity index (χ4n) is 1.63. The Balaban J connectivity index is 2.14. The lowest BCUT2D eigenvalue weighted by Crippen LogP contribution is -1.97. The van der Waals surface area contributed by atoms with Crippen molar-refractivity contribution in [2.24, 2.45) is 4.40 Å². The first-order valence-electron chi connectivity index (χ1n) is 6.19. The van der Waals surface area contributed by atoms with E-state index in [1.54, 1.807) is 24.3 Å². The van der Waals surface area contributed by atoms with Crippen molar-refractivity contribution >= 4 is 27.0 Å². The molecule has 0 heterocycles. The molecule has 6 heteroatoms. The van der Waals surface area contributed by atoms with Gasteiger partial charge in [0.2, 0.25) is 0 Å². The first kappa shape index (κ1) is 15.6. The minimum atomic E-state index is -3.20. The highest BCUT2D eigenvalue weighted by Gasteiger charge is 2.05. The number of benzene rings is 2. The third kappa shape index (κ3) is 4.34. The van der Waals surface area contributed by atoms with E-state index in [0.29, 0.717) is 10.5 Å². The first-order valence-corrected chi connectivity index (χ1v) is 9.19. The maximum atomic E-state index is 12.0. The summed E-state index contributed by atoms with van der Waals surface area (Å²) in [7, 11) is -4.67. The number of aryl methyl sites for hydroxylation is 1. The van der Waals surface area contributed by atoms with E-state index in [1.165, 1.54) is 18.3 Å². The second-order valence-corrected chi connectivity index (χ2v) is 7.83. The molecule has 0 amide bonds. The summed E-state index contributed by atoms with van der Waals surface area (Å²) in [6, 6.07) is 13.6. The van der Waals surface area contributed by atoms with Gasteiger partial charge >= 0.3 is 0 Å². The molecule has 2 aromatic carbocycles. The van der Waals surface area contributed by atoms with E-state index in [0.717, 1.165) is 11.8 Å². The zero-order chi connectivity index (χ0) is 15.5. The highest BCUT2D eigenvalue weighted by atomic mass is 32.2. The fraction of sp³-hybridized carbons (Fsp3) is 0.133. The third-order valence-electron chi connectivity index (χ3n) is 2.83. The lowest BCUT2D eigenvalue weighted by molar-refractivity contribution is 0.602. The summed E-state index contributed by atoms with van der Waals surface area (Å²) in [5.41, 5.74) is 1.79. The van der Waals surface area contributed by atoms with Gasteiger partial charge in [-0.15, -0.1) is 0 Å². The molecule has 0 fully saturated rings. The Morgan fingerprint density at radius 2 is 1.57 bits per heavy atom. The van der Waals surface area contributed by atoms with Crippen LogP contribution in [-0.4, -0.2) is 25.1 Å². The highest BCUT2D eigenvalue weighted by molar-refractivity contribution is 7.90. The van der Waals surface area contributed by atoms with Gasteiger partial charge in [0.15, 0.2) is 20.8 Å². The molecule has 2 rings (SSSR count). The van der Waals surface area contributed by atoms with Crippen molar-refractivity contribution in [1.29, 1.82) is 0 Å². The van der Waals surface area contributed by atoms with Crippen molar-refractivity contribution in [1.82, 2.24) is 0 Å². The summed E-state index contributed by atoms with van der Waals surface area (Å²) in [4.78, 5) is 0.879. The van der Waals surface area contributed by atoms with Gasteiger partial charge < -0.3 is 0 Å². The zero-order valence-corrected chi connectivity index (χ0v) is 13.3. The van der Waals surface area contributed by atoms with Crippen LogP contribution in [0, 0.1) is 6.92 Å². The van der Waals surface area contributed by atoms with Crippen molar-refractivity contribution in [2.75, 3.05) is 6.26 Å². The molecule has 110 valence electrons. The quantitative estimate of drug-likeness (QED) is 0.813. The predicted octanol–water partition coefficient (Wildman–Crippen LogP) is 2.54. The Morgan fingerprint density at radius 1 is 1.00 bits per heavy atom. The van der Waals surface area contributed by atoms with Gasteiger partial charge in [-0.05, 0) is 36.8 Å². The number of nitrogens with zero attached hydrogens (tertiary/aromatic N) is 1. The second-order valence-electron chi connectivity index (χ2n) is 4.64. The van der Waals surface area contributed by atoms with E-state index in [2.05, 4.69) is 4.40 Å². The van der Waals surface area contributed by atoms with Crippen LogP contribution in [-0.2, 0) is 20.8 Å². The molecular weight excluding hydrogens is 306 g/mol. The number of hydrogen-bond donors (Lipinski definition) is 0. The fourth-order valence-corrected chi connectivity index (χ4v) is 2.96. The normalized spacial score (nSPS) is 13.4. The van der Waals surface area contributed by atoms with E-state index >= 15 is 0 Å². The Labute approximate surface area is 127 Å². The molecule has 0 saturated heterocycles. The highest BCUT2D eigenvalue weighted by Crippen LogP contribution is 2.11. The smallest absolute Gasteiger partial charge is 0.175 e. The van der Waals surface area contributed by atoms with Crippen LogP contribution in [0.5, 0.6) is 0 Å². The summed E-state index contributed by atoms with van der Waals surface area (Å²) >= 11 is 0.